The van der Waals surface area contributed by atoms with Crippen LogP contribution in [-0.2, 0) is 11.2 Å². The molecule has 0 bridgehead atoms. The molecule has 1 aromatic rings. The fraction of sp³-hybridized carbons (Fsp3) is 0.500. The van der Waals surface area contributed by atoms with Crippen molar-refractivity contribution in [2.24, 2.45) is 5.92 Å². The Morgan fingerprint density at radius 2 is 2.11 bits per heavy atom. The highest BCUT2D eigenvalue weighted by atomic mass is 19.2. The molecule has 0 radical (unpaired) electrons. The summed E-state index contributed by atoms with van der Waals surface area (Å²) in [7, 11) is 1.60. The predicted octanol–water partition coefficient (Wildman–Crippen LogP) is 1.74. The van der Waals surface area contributed by atoms with E-state index in [-0.39, 0.29) is 18.9 Å². The Labute approximate surface area is 110 Å². The Balaban J connectivity index is 1.90. The zero-order valence-corrected chi connectivity index (χ0v) is 10.8. The number of hydrogen-bond acceptors (Lipinski definition) is 2. The third-order valence-corrected chi connectivity index (χ3v) is 3.39. The lowest BCUT2D eigenvalue weighted by Gasteiger charge is -2.20. The Morgan fingerprint density at radius 3 is 2.68 bits per heavy atom. The third kappa shape index (κ3) is 3.73. The van der Waals surface area contributed by atoms with Gasteiger partial charge in [0.1, 0.15) is 0 Å². The van der Waals surface area contributed by atoms with Crippen LogP contribution >= 0.6 is 0 Å². The molecule has 1 fully saturated rings. The SMILES string of the molecule is CN(CC(O)C1CC1)C(=O)Cc1ccc(F)c(F)c1. The second-order valence-electron chi connectivity index (χ2n) is 5.10. The fourth-order valence-corrected chi connectivity index (χ4v) is 1.97. The van der Waals surface area contributed by atoms with Crippen LogP contribution in [0.5, 0.6) is 0 Å². The lowest BCUT2D eigenvalue weighted by molar-refractivity contribution is -0.130. The second-order valence-corrected chi connectivity index (χ2v) is 5.10. The van der Waals surface area contributed by atoms with E-state index >= 15 is 0 Å². The summed E-state index contributed by atoms with van der Waals surface area (Å²) in [6, 6.07) is 3.43. The van der Waals surface area contributed by atoms with Gasteiger partial charge in [0.2, 0.25) is 5.91 Å². The molecular formula is C14H17F2NO2. The maximum absolute atomic E-state index is 13.0. The number of benzene rings is 1. The van der Waals surface area contributed by atoms with Crippen molar-refractivity contribution in [1.29, 1.82) is 0 Å². The smallest absolute Gasteiger partial charge is 0.226 e. The number of likely N-dealkylation sites (N-methyl/N-ethyl adjacent to an activating group) is 1. The van der Waals surface area contributed by atoms with E-state index in [0.717, 1.165) is 25.0 Å². The summed E-state index contributed by atoms with van der Waals surface area (Å²) in [6.45, 7) is 0.285. The van der Waals surface area contributed by atoms with Crippen LogP contribution in [0.1, 0.15) is 18.4 Å². The summed E-state index contributed by atoms with van der Waals surface area (Å²) < 4.78 is 25.8. The van der Waals surface area contributed by atoms with Crippen molar-refractivity contribution in [3.63, 3.8) is 0 Å². The predicted molar refractivity (Wildman–Crippen MR) is 66.4 cm³/mol. The molecule has 0 spiro atoms. The maximum Gasteiger partial charge on any atom is 0.226 e. The summed E-state index contributed by atoms with van der Waals surface area (Å²) in [6.07, 6.45) is 1.53. The number of aliphatic hydroxyl groups excluding tert-OH is 1. The maximum atomic E-state index is 13.0. The first kappa shape index (κ1) is 13.9. The van der Waals surface area contributed by atoms with Crippen molar-refractivity contribution in [3.8, 4) is 0 Å². The molecule has 0 saturated heterocycles. The van der Waals surface area contributed by atoms with Crippen LogP contribution < -0.4 is 0 Å². The number of amides is 1. The molecule has 0 aliphatic heterocycles. The molecule has 1 unspecified atom stereocenters. The van der Waals surface area contributed by atoms with Gasteiger partial charge in [-0.1, -0.05) is 6.07 Å². The average Bonchev–Trinajstić information content (AvgIpc) is 3.17. The first-order valence-corrected chi connectivity index (χ1v) is 6.33. The Hall–Kier alpha value is -1.49. The number of carbonyl (C=O) groups is 1. The number of rotatable bonds is 5. The molecule has 0 heterocycles. The fourth-order valence-electron chi connectivity index (χ4n) is 1.97. The molecule has 1 N–H and O–H groups in total. The Bertz CT molecular complexity index is 475. The van der Waals surface area contributed by atoms with Crippen LogP contribution in [0, 0.1) is 17.6 Å². The van der Waals surface area contributed by atoms with Crippen molar-refractivity contribution in [1.82, 2.24) is 4.90 Å². The molecule has 1 saturated carbocycles. The molecule has 1 aliphatic carbocycles. The minimum Gasteiger partial charge on any atom is -0.391 e. The van der Waals surface area contributed by atoms with Gasteiger partial charge in [-0.25, -0.2) is 8.78 Å². The minimum atomic E-state index is -0.953. The number of nitrogens with zero attached hydrogens (tertiary/aromatic N) is 1. The summed E-state index contributed by atoms with van der Waals surface area (Å²) in [5.74, 6) is -1.79. The molecule has 3 nitrogen and oxygen atoms in total. The molecule has 19 heavy (non-hydrogen) atoms. The quantitative estimate of drug-likeness (QED) is 0.884. The van der Waals surface area contributed by atoms with Gasteiger partial charge in [-0.3, -0.25) is 4.79 Å². The van der Waals surface area contributed by atoms with Crippen molar-refractivity contribution in [3.05, 3.63) is 35.4 Å². The van der Waals surface area contributed by atoms with E-state index in [0.29, 0.717) is 11.5 Å². The lowest BCUT2D eigenvalue weighted by Crippen LogP contribution is -2.36. The lowest BCUT2D eigenvalue weighted by atomic mass is 10.1. The van der Waals surface area contributed by atoms with Gasteiger partial charge in [-0.2, -0.15) is 0 Å². The summed E-state index contributed by atoms with van der Waals surface area (Å²) in [5.41, 5.74) is 0.427. The first-order chi connectivity index (χ1) is 8.97. The number of hydrogen-bond donors (Lipinski definition) is 1. The molecule has 1 aromatic carbocycles. The van der Waals surface area contributed by atoms with Gasteiger partial charge in [0.15, 0.2) is 11.6 Å². The molecule has 104 valence electrons. The van der Waals surface area contributed by atoms with Crippen molar-refractivity contribution in [2.45, 2.75) is 25.4 Å². The highest BCUT2D eigenvalue weighted by molar-refractivity contribution is 5.78. The summed E-state index contributed by atoms with van der Waals surface area (Å²) in [4.78, 5) is 13.3. The van der Waals surface area contributed by atoms with Crippen LogP contribution in [-0.4, -0.2) is 35.6 Å². The topological polar surface area (TPSA) is 40.5 Å². The van der Waals surface area contributed by atoms with Gasteiger partial charge < -0.3 is 10.0 Å². The largest absolute Gasteiger partial charge is 0.391 e. The van der Waals surface area contributed by atoms with E-state index in [4.69, 9.17) is 0 Å². The first-order valence-electron chi connectivity index (χ1n) is 6.33. The average molecular weight is 269 g/mol. The normalized spacial score (nSPS) is 16.2. The summed E-state index contributed by atoms with van der Waals surface area (Å²) >= 11 is 0. The van der Waals surface area contributed by atoms with Crippen LogP contribution in [0.2, 0.25) is 0 Å². The minimum absolute atomic E-state index is 0.00505. The van der Waals surface area contributed by atoms with Gasteiger partial charge in [0.25, 0.3) is 0 Å². The van der Waals surface area contributed by atoms with E-state index in [1.807, 2.05) is 0 Å². The van der Waals surface area contributed by atoms with Gasteiger partial charge in [-0.15, -0.1) is 0 Å². The second kappa shape index (κ2) is 5.65. The standard InChI is InChI=1S/C14H17F2NO2/c1-17(8-13(18)10-3-4-10)14(19)7-9-2-5-11(15)12(16)6-9/h2,5-6,10,13,18H,3-4,7-8H2,1H3. The number of aliphatic hydroxyl groups is 1. The highest BCUT2D eigenvalue weighted by Gasteiger charge is 2.31. The molecule has 5 heteroatoms. The van der Waals surface area contributed by atoms with Gasteiger partial charge >= 0.3 is 0 Å². The van der Waals surface area contributed by atoms with Crippen LogP contribution in [0.25, 0.3) is 0 Å². The van der Waals surface area contributed by atoms with E-state index < -0.39 is 17.7 Å². The molecule has 1 amide bonds. The number of carbonyl (C=O) groups excluding carboxylic acids is 1. The van der Waals surface area contributed by atoms with Gasteiger partial charge in [0.05, 0.1) is 12.5 Å². The summed E-state index contributed by atoms with van der Waals surface area (Å²) in [5, 5.41) is 9.75. The molecular weight excluding hydrogens is 252 g/mol. The Morgan fingerprint density at radius 1 is 1.42 bits per heavy atom. The molecule has 2 rings (SSSR count). The van der Waals surface area contributed by atoms with Crippen LogP contribution in [0.15, 0.2) is 18.2 Å². The van der Waals surface area contributed by atoms with Crippen molar-refractivity contribution in [2.75, 3.05) is 13.6 Å². The zero-order chi connectivity index (χ0) is 14.0. The van der Waals surface area contributed by atoms with Gasteiger partial charge in [-0.05, 0) is 36.5 Å². The molecule has 1 atom stereocenters. The monoisotopic (exact) mass is 269 g/mol. The van der Waals surface area contributed by atoms with E-state index in [9.17, 15) is 18.7 Å². The number of halogens is 2. The molecule has 0 aromatic heterocycles. The molecule has 1 aliphatic rings. The van der Waals surface area contributed by atoms with Gasteiger partial charge in [0, 0.05) is 13.6 Å². The zero-order valence-electron chi connectivity index (χ0n) is 10.8. The van der Waals surface area contributed by atoms with Crippen molar-refractivity contribution < 1.29 is 18.7 Å². The third-order valence-electron chi connectivity index (χ3n) is 3.39. The van der Waals surface area contributed by atoms with E-state index in [1.54, 1.807) is 7.05 Å². The van der Waals surface area contributed by atoms with Crippen LogP contribution in [0.4, 0.5) is 8.78 Å². The van der Waals surface area contributed by atoms with Crippen LogP contribution in [0.3, 0.4) is 0 Å². The highest BCUT2D eigenvalue weighted by Crippen LogP contribution is 2.32. The van der Waals surface area contributed by atoms with E-state index in [1.165, 1.54) is 11.0 Å². The van der Waals surface area contributed by atoms with E-state index in [2.05, 4.69) is 0 Å². The van der Waals surface area contributed by atoms with Crippen molar-refractivity contribution >= 4 is 5.91 Å². The Kier molecular flexibility index (Phi) is 4.14.